The molecule has 0 fully saturated rings. The van der Waals surface area contributed by atoms with E-state index in [-0.39, 0.29) is 11.9 Å². The van der Waals surface area contributed by atoms with Gasteiger partial charge in [0.15, 0.2) is 0 Å². The zero-order chi connectivity index (χ0) is 14.4. The summed E-state index contributed by atoms with van der Waals surface area (Å²) in [4.78, 5) is 11.8. The number of rotatable bonds is 5. The fourth-order valence-corrected chi connectivity index (χ4v) is 2.11. The summed E-state index contributed by atoms with van der Waals surface area (Å²) in [6.45, 7) is 3.97. The summed E-state index contributed by atoms with van der Waals surface area (Å²) in [6, 6.07) is 17.8. The predicted octanol–water partition coefficient (Wildman–Crippen LogP) is 4.70. The highest BCUT2D eigenvalue weighted by Gasteiger charge is 2.14. The van der Waals surface area contributed by atoms with E-state index in [4.69, 9.17) is 4.74 Å². The number of esters is 1. The van der Waals surface area contributed by atoms with Crippen LogP contribution in [-0.2, 0) is 4.79 Å². The van der Waals surface area contributed by atoms with E-state index in [9.17, 15) is 4.79 Å². The third kappa shape index (κ3) is 3.70. The van der Waals surface area contributed by atoms with Crippen molar-refractivity contribution in [1.29, 1.82) is 0 Å². The van der Waals surface area contributed by atoms with Gasteiger partial charge in [-0.05, 0) is 29.7 Å². The lowest BCUT2D eigenvalue weighted by molar-refractivity contribution is -0.138. The quantitative estimate of drug-likeness (QED) is 0.580. The van der Waals surface area contributed by atoms with Crippen molar-refractivity contribution in [3.8, 4) is 16.9 Å². The first-order chi connectivity index (χ1) is 9.70. The predicted molar refractivity (Wildman–Crippen MR) is 81.6 cm³/mol. The highest BCUT2D eigenvalue weighted by Crippen LogP contribution is 2.22. The van der Waals surface area contributed by atoms with Gasteiger partial charge in [-0.3, -0.25) is 4.79 Å². The maximum atomic E-state index is 11.8. The summed E-state index contributed by atoms with van der Waals surface area (Å²) < 4.78 is 5.38. The van der Waals surface area contributed by atoms with Crippen molar-refractivity contribution in [2.24, 2.45) is 5.92 Å². The Labute approximate surface area is 120 Å². The second-order valence-electron chi connectivity index (χ2n) is 5.00. The van der Waals surface area contributed by atoms with E-state index in [1.54, 1.807) is 0 Å². The first kappa shape index (κ1) is 14.3. The molecule has 1 atom stereocenters. The van der Waals surface area contributed by atoms with Crippen molar-refractivity contribution >= 4 is 5.97 Å². The molecule has 0 saturated carbocycles. The van der Waals surface area contributed by atoms with Gasteiger partial charge in [-0.1, -0.05) is 62.7 Å². The lowest BCUT2D eigenvalue weighted by Gasteiger charge is -2.10. The van der Waals surface area contributed by atoms with Gasteiger partial charge in [0.05, 0.1) is 5.92 Å². The molecule has 2 rings (SSSR count). The van der Waals surface area contributed by atoms with Gasteiger partial charge in [0.25, 0.3) is 0 Å². The minimum Gasteiger partial charge on any atom is -0.426 e. The van der Waals surface area contributed by atoms with E-state index in [1.165, 1.54) is 0 Å². The molecule has 1 unspecified atom stereocenters. The molecular weight excluding hydrogens is 248 g/mol. The van der Waals surface area contributed by atoms with Gasteiger partial charge in [-0.15, -0.1) is 0 Å². The zero-order valence-corrected chi connectivity index (χ0v) is 12.0. The van der Waals surface area contributed by atoms with E-state index in [1.807, 2.05) is 49.4 Å². The van der Waals surface area contributed by atoms with Crippen LogP contribution in [0.1, 0.15) is 26.7 Å². The average molecular weight is 268 g/mol. The van der Waals surface area contributed by atoms with Gasteiger partial charge in [0.2, 0.25) is 0 Å². The monoisotopic (exact) mass is 268 g/mol. The highest BCUT2D eigenvalue weighted by molar-refractivity contribution is 5.75. The largest absolute Gasteiger partial charge is 0.426 e. The number of hydrogen-bond acceptors (Lipinski definition) is 2. The first-order valence-electron chi connectivity index (χ1n) is 7.08. The molecule has 0 aliphatic carbocycles. The fraction of sp³-hybridized carbons (Fsp3) is 0.278. The van der Waals surface area contributed by atoms with Crippen LogP contribution in [0.3, 0.4) is 0 Å². The molecule has 104 valence electrons. The minimum atomic E-state index is -0.153. The smallest absolute Gasteiger partial charge is 0.314 e. The number of ether oxygens (including phenoxy) is 1. The average Bonchev–Trinajstić information content (AvgIpc) is 2.49. The molecule has 20 heavy (non-hydrogen) atoms. The molecule has 2 aromatic carbocycles. The Balaban J connectivity index is 2.04. The standard InChI is InChI=1S/C18H20O2/c1-3-7-14(2)18(19)20-17-12-10-16(11-13-17)15-8-5-4-6-9-15/h4-6,8-14H,3,7H2,1-2H3. The van der Waals surface area contributed by atoms with Crippen LogP contribution in [0.5, 0.6) is 5.75 Å². The van der Waals surface area contributed by atoms with Crippen molar-refractivity contribution in [3.05, 3.63) is 54.6 Å². The molecular formula is C18H20O2. The number of carbonyl (C=O) groups is 1. The topological polar surface area (TPSA) is 26.3 Å². The molecule has 0 spiro atoms. The first-order valence-corrected chi connectivity index (χ1v) is 7.08. The van der Waals surface area contributed by atoms with Gasteiger partial charge in [-0.2, -0.15) is 0 Å². The van der Waals surface area contributed by atoms with Crippen molar-refractivity contribution in [2.45, 2.75) is 26.7 Å². The van der Waals surface area contributed by atoms with Crippen LogP contribution in [0.15, 0.2) is 54.6 Å². The van der Waals surface area contributed by atoms with Crippen LogP contribution in [0.2, 0.25) is 0 Å². The Kier molecular flexibility index (Phi) is 4.94. The summed E-state index contributed by atoms with van der Waals surface area (Å²) >= 11 is 0. The van der Waals surface area contributed by atoms with Gasteiger partial charge in [-0.25, -0.2) is 0 Å². The summed E-state index contributed by atoms with van der Waals surface area (Å²) in [5.74, 6) is 0.408. The van der Waals surface area contributed by atoms with Crippen LogP contribution in [-0.4, -0.2) is 5.97 Å². The van der Waals surface area contributed by atoms with Crippen molar-refractivity contribution in [3.63, 3.8) is 0 Å². The van der Waals surface area contributed by atoms with Gasteiger partial charge >= 0.3 is 5.97 Å². The molecule has 0 N–H and O–H groups in total. The second-order valence-corrected chi connectivity index (χ2v) is 5.00. The number of benzene rings is 2. The van der Waals surface area contributed by atoms with Gasteiger partial charge in [0.1, 0.15) is 5.75 Å². The van der Waals surface area contributed by atoms with E-state index in [0.29, 0.717) is 5.75 Å². The highest BCUT2D eigenvalue weighted by atomic mass is 16.5. The molecule has 0 radical (unpaired) electrons. The van der Waals surface area contributed by atoms with E-state index >= 15 is 0 Å². The lowest BCUT2D eigenvalue weighted by atomic mass is 10.1. The van der Waals surface area contributed by atoms with Crippen LogP contribution in [0, 0.1) is 5.92 Å². The molecule has 2 aromatic rings. The van der Waals surface area contributed by atoms with Gasteiger partial charge < -0.3 is 4.74 Å². The Morgan fingerprint density at radius 2 is 1.60 bits per heavy atom. The minimum absolute atomic E-state index is 0.0474. The Morgan fingerprint density at radius 3 is 2.20 bits per heavy atom. The Hall–Kier alpha value is -2.09. The van der Waals surface area contributed by atoms with Crippen LogP contribution in [0.25, 0.3) is 11.1 Å². The molecule has 0 aliphatic heterocycles. The van der Waals surface area contributed by atoms with Crippen LogP contribution < -0.4 is 4.74 Å². The van der Waals surface area contributed by atoms with Crippen molar-refractivity contribution in [1.82, 2.24) is 0 Å². The summed E-state index contributed by atoms with van der Waals surface area (Å²) in [6.07, 6.45) is 1.85. The molecule has 2 heteroatoms. The van der Waals surface area contributed by atoms with E-state index in [2.05, 4.69) is 19.1 Å². The molecule has 0 aliphatic rings. The molecule has 2 nitrogen and oxygen atoms in total. The molecule has 0 aromatic heterocycles. The number of hydrogen-bond donors (Lipinski definition) is 0. The van der Waals surface area contributed by atoms with Crippen LogP contribution >= 0.6 is 0 Å². The second kappa shape index (κ2) is 6.90. The normalized spacial score (nSPS) is 11.9. The molecule has 0 heterocycles. The summed E-state index contributed by atoms with van der Waals surface area (Å²) in [5.41, 5.74) is 2.27. The summed E-state index contributed by atoms with van der Waals surface area (Å²) in [5, 5.41) is 0. The molecule has 0 saturated heterocycles. The fourth-order valence-electron chi connectivity index (χ4n) is 2.11. The maximum absolute atomic E-state index is 11.8. The third-order valence-corrected chi connectivity index (χ3v) is 3.30. The summed E-state index contributed by atoms with van der Waals surface area (Å²) in [7, 11) is 0. The van der Waals surface area contributed by atoms with E-state index < -0.39 is 0 Å². The van der Waals surface area contributed by atoms with E-state index in [0.717, 1.165) is 24.0 Å². The molecule has 0 amide bonds. The van der Waals surface area contributed by atoms with Crippen molar-refractivity contribution in [2.75, 3.05) is 0 Å². The van der Waals surface area contributed by atoms with Crippen LogP contribution in [0.4, 0.5) is 0 Å². The van der Waals surface area contributed by atoms with Gasteiger partial charge in [0, 0.05) is 0 Å². The SMILES string of the molecule is CCCC(C)C(=O)Oc1ccc(-c2ccccc2)cc1. The lowest BCUT2D eigenvalue weighted by Crippen LogP contribution is -2.17. The Bertz CT molecular complexity index is 543. The molecule has 0 bridgehead atoms. The zero-order valence-electron chi connectivity index (χ0n) is 12.0. The van der Waals surface area contributed by atoms with Crippen molar-refractivity contribution < 1.29 is 9.53 Å². The number of carbonyl (C=O) groups excluding carboxylic acids is 1. The maximum Gasteiger partial charge on any atom is 0.314 e. The third-order valence-electron chi connectivity index (χ3n) is 3.30. The Morgan fingerprint density at radius 1 is 1.00 bits per heavy atom.